The van der Waals surface area contributed by atoms with Crippen LogP contribution in [0.4, 0.5) is 14.6 Å². The van der Waals surface area contributed by atoms with Gasteiger partial charge in [-0.15, -0.1) is 0 Å². The van der Waals surface area contributed by atoms with E-state index in [4.69, 9.17) is 11.6 Å². The van der Waals surface area contributed by atoms with Crippen molar-refractivity contribution in [1.82, 2.24) is 4.98 Å². The minimum Gasteiger partial charge on any atom is -0.263 e. The van der Waals surface area contributed by atoms with E-state index in [1.165, 1.54) is 12.1 Å². The Balaban J connectivity index is 2.35. The lowest BCUT2D eigenvalue weighted by molar-refractivity contribution is 0.584. The molecule has 100 valence electrons. The molecule has 0 unspecified atom stereocenters. The second kappa shape index (κ2) is 5.10. The summed E-state index contributed by atoms with van der Waals surface area (Å²) in [5.74, 6) is -1.73. The SMILES string of the molecule is O=S(=O)(Nc1cccc(F)n1)c1ccc(F)c(Cl)c1. The Bertz CT molecular complexity index is 722. The summed E-state index contributed by atoms with van der Waals surface area (Å²) in [5, 5.41) is -0.324. The third-order valence-corrected chi connectivity index (χ3v) is 3.80. The topological polar surface area (TPSA) is 59.1 Å². The van der Waals surface area contributed by atoms with E-state index >= 15 is 0 Å². The summed E-state index contributed by atoms with van der Waals surface area (Å²) in [6, 6.07) is 6.59. The Labute approximate surface area is 113 Å². The van der Waals surface area contributed by atoms with Gasteiger partial charge in [0, 0.05) is 0 Å². The Morgan fingerprint density at radius 1 is 1.16 bits per heavy atom. The van der Waals surface area contributed by atoms with Crippen molar-refractivity contribution in [3.05, 3.63) is 53.2 Å². The Kier molecular flexibility index (Phi) is 3.68. The molecule has 4 nitrogen and oxygen atoms in total. The van der Waals surface area contributed by atoms with Crippen LogP contribution in [0.15, 0.2) is 41.3 Å². The number of benzene rings is 1. The molecule has 1 aromatic heterocycles. The zero-order valence-electron chi connectivity index (χ0n) is 9.27. The normalized spacial score (nSPS) is 11.3. The number of pyridine rings is 1. The van der Waals surface area contributed by atoms with Crippen LogP contribution in [0.5, 0.6) is 0 Å². The van der Waals surface area contributed by atoms with Crippen LogP contribution in [0.25, 0.3) is 0 Å². The molecule has 0 atom stereocenters. The summed E-state index contributed by atoms with van der Waals surface area (Å²) >= 11 is 5.51. The van der Waals surface area contributed by atoms with E-state index in [0.29, 0.717) is 0 Å². The zero-order chi connectivity index (χ0) is 14.0. The standard InChI is InChI=1S/C11H7ClF2N2O2S/c12-8-6-7(4-5-9(8)13)19(17,18)16-11-3-1-2-10(14)15-11/h1-6H,(H,15,16). The summed E-state index contributed by atoms with van der Waals surface area (Å²) in [4.78, 5) is 3.11. The van der Waals surface area contributed by atoms with Crippen molar-refractivity contribution in [3.63, 3.8) is 0 Å². The van der Waals surface area contributed by atoms with Crippen LogP contribution in [0.2, 0.25) is 5.02 Å². The lowest BCUT2D eigenvalue weighted by atomic mass is 10.3. The molecule has 0 saturated heterocycles. The van der Waals surface area contributed by atoms with E-state index < -0.39 is 21.8 Å². The monoisotopic (exact) mass is 304 g/mol. The van der Waals surface area contributed by atoms with Crippen LogP contribution in [-0.2, 0) is 10.0 Å². The fourth-order valence-electron chi connectivity index (χ4n) is 1.31. The molecule has 0 bridgehead atoms. The van der Waals surface area contributed by atoms with Crippen molar-refractivity contribution >= 4 is 27.4 Å². The van der Waals surface area contributed by atoms with Crippen molar-refractivity contribution in [2.45, 2.75) is 4.90 Å². The maximum Gasteiger partial charge on any atom is 0.263 e. The van der Waals surface area contributed by atoms with Gasteiger partial charge in [0.25, 0.3) is 10.0 Å². The summed E-state index contributed by atoms with van der Waals surface area (Å²) in [6.07, 6.45) is 0. The molecule has 0 aliphatic heterocycles. The number of nitrogens with one attached hydrogen (secondary N) is 1. The van der Waals surface area contributed by atoms with Gasteiger partial charge in [-0.05, 0) is 30.3 Å². The van der Waals surface area contributed by atoms with Gasteiger partial charge in [-0.1, -0.05) is 17.7 Å². The highest BCUT2D eigenvalue weighted by atomic mass is 35.5. The first kappa shape index (κ1) is 13.7. The second-order valence-electron chi connectivity index (χ2n) is 3.53. The molecule has 1 aromatic carbocycles. The maximum absolute atomic E-state index is 13.0. The van der Waals surface area contributed by atoms with Crippen molar-refractivity contribution < 1.29 is 17.2 Å². The molecule has 8 heteroatoms. The number of nitrogens with zero attached hydrogens (tertiary/aromatic N) is 1. The number of anilines is 1. The van der Waals surface area contributed by atoms with Crippen LogP contribution in [0, 0.1) is 11.8 Å². The van der Waals surface area contributed by atoms with E-state index in [2.05, 4.69) is 9.71 Å². The van der Waals surface area contributed by atoms with Crippen LogP contribution in [-0.4, -0.2) is 13.4 Å². The Hall–Kier alpha value is -1.73. The quantitative estimate of drug-likeness (QED) is 0.887. The number of rotatable bonds is 3. The van der Waals surface area contributed by atoms with Crippen molar-refractivity contribution in [2.24, 2.45) is 0 Å². The van der Waals surface area contributed by atoms with Gasteiger partial charge in [0.05, 0.1) is 9.92 Å². The molecule has 0 amide bonds. The fraction of sp³-hybridized carbons (Fsp3) is 0. The molecule has 0 aliphatic rings. The summed E-state index contributed by atoms with van der Waals surface area (Å²) < 4.78 is 51.7. The highest BCUT2D eigenvalue weighted by molar-refractivity contribution is 7.92. The summed E-state index contributed by atoms with van der Waals surface area (Å²) in [7, 11) is -4.00. The fourth-order valence-corrected chi connectivity index (χ4v) is 2.58. The molecule has 2 rings (SSSR count). The first-order chi connectivity index (χ1) is 8.88. The average molecular weight is 305 g/mol. The lowest BCUT2D eigenvalue weighted by Crippen LogP contribution is -2.14. The molecule has 0 fully saturated rings. The van der Waals surface area contributed by atoms with E-state index in [9.17, 15) is 17.2 Å². The minimum absolute atomic E-state index is 0.180. The van der Waals surface area contributed by atoms with E-state index in [-0.39, 0.29) is 15.7 Å². The van der Waals surface area contributed by atoms with Gasteiger partial charge < -0.3 is 0 Å². The first-order valence-electron chi connectivity index (χ1n) is 4.99. The van der Waals surface area contributed by atoms with Gasteiger partial charge in [0.1, 0.15) is 11.6 Å². The molecule has 2 aromatic rings. The van der Waals surface area contributed by atoms with Crippen LogP contribution in [0.1, 0.15) is 0 Å². The van der Waals surface area contributed by atoms with Gasteiger partial charge in [0.15, 0.2) is 0 Å². The van der Waals surface area contributed by atoms with E-state index in [0.717, 1.165) is 24.3 Å². The Morgan fingerprint density at radius 2 is 1.89 bits per heavy atom. The number of sulfonamides is 1. The number of halogens is 3. The molecule has 0 radical (unpaired) electrons. The molecule has 0 saturated carbocycles. The molecule has 19 heavy (non-hydrogen) atoms. The predicted molar refractivity (Wildman–Crippen MR) is 66.4 cm³/mol. The number of aromatic nitrogens is 1. The number of hydrogen-bond acceptors (Lipinski definition) is 3. The smallest absolute Gasteiger partial charge is 0.263 e. The molecule has 1 N–H and O–H groups in total. The van der Waals surface area contributed by atoms with Gasteiger partial charge in [-0.2, -0.15) is 4.39 Å². The van der Waals surface area contributed by atoms with Gasteiger partial charge in [-0.25, -0.2) is 17.8 Å². The highest BCUT2D eigenvalue weighted by Crippen LogP contribution is 2.21. The van der Waals surface area contributed by atoms with E-state index in [1.807, 2.05) is 0 Å². The van der Waals surface area contributed by atoms with Gasteiger partial charge >= 0.3 is 0 Å². The van der Waals surface area contributed by atoms with Gasteiger partial charge in [-0.3, -0.25) is 4.72 Å². The minimum atomic E-state index is -4.00. The van der Waals surface area contributed by atoms with Crippen molar-refractivity contribution in [1.29, 1.82) is 0 Å². The molecular weight excluding hydrogens is 298 g/mol. The molecule has 0 aliphatic carbocycles. The maximum atomic E-state index is 13.0. The number of hydrogen-bond donors (Lipinski definition) is 1. The van der Waals surface area contributed by atoms with Crippen LogP contribution >= 0.6 is 11.6 Å². The third kappa shape index (κ3) is 3.18. The summed E-state index contributed by atoms with van der Waals surface area (Å²) in [6.45, 7) is 0. The first-order valence-corrected chi connectivity index (χ1v) is 6.85. The molecular formula is C11H7ClF2N2O2S. The Morgan fingerprint density at radius 3 is 2.53 bits per heavy atom. The second-order valence-corrected chi connectivity index (χ2v) is 5.62. The van der Waals surface area contributed by atoms with Crippen LogP contribution < -0.4 is 4.72 Å². The highest BCUT2D eigenvalue weighted by Gasteiger charge is 2.16. The largest absolute Gasteiger partial charge is 0.263 e. The molecule has 0 spiro atoms. The lowest BCUT2D eigenvalue weighted by Gasteiger charge is -2.07. The van der Waals surface area contributed by atoms with Crippen LogP contribution in [0.3, 0.4) is 0 Å². The van der Waals surface area contributed by atoms with Gasteiger partial charge in [0.2, 0.25) is 5.95 Å². The van der Waals surface area contributed by atoms with E-state index in [1.54, 1.807) is 0 Å². The summed E-state index contributed by atoms with van der Waals surface area (Å²) in [5.41, 5.74) is 0. The average Bonchev–Trinajstić information content (AvgIpc) is 2.32. The molecule has 1 heterocycles. The third-order valence-electron chi connectivity index (χ3n) is 2.16. The van der Waals surface area contributed by atoms with Crippen molar-refractivity contribution in [3.8, 4) is 0 Å². The predicted octanol–water partition coefficient (Wildman–Crippen LogP) is 2.81. The zero-order valence-corrected chi connectivity index (χ0v) is 10.8. The van der Waals surface area contributed by atoms with Crippen molar-refractivity contribution in [2.75, 3.05) is 4.72 Å².